The van der Waals surface area contributed by atoms with Gasteiger partial charge in [-0.15, -0.1) is 0 Å². The van der Waals surface area contributed by atoms with Gasteiger partial charge in [-0.1, -0.05) is 0 Å². The highest BCUT2D eigenvalue weighted by molar-refractivity contribution is 5.90. The summed E-state index contributed by atoms with van der Waals surface area (Å²) in [6, 6.07) is -2.69. The predicted molar refractivity (Wildman–Crippen MR) is 104 cm³/mol. The van der Waals surface area contributed by atoms with Gasteiger partial charge in [0.2, 0.25) is 0 Å². The molecule has 33 heavy (non-hydrogen) atoms. The van der Waals surface area contributed by atoms with Crippen molar-refractivity contribution in [3.05, 3.63) is 0 Å². The summed E-state index contributed by atoms with van der Waals surface area (Å²) in [7, 11) is 0. The summed E-state index contributed by atoms with van der Waals surface area (Å²) in [5.74, 6) is -7.19. The summed E-state index contributed by atoms with van der Waals surface area (Å²) in [6.07, 6.45) is 0. The third-order valence-corrected chi connectivity index (χ3v) is 4.19. The van der Waals surface area contributed by atoms with E-state index in [0.29, 0.717) is 0 Å². The van der Waals surface area contributed by atoms with E-state index in [-0.39, 0.29) is 19.6 Å². The molecule has 0 heterocycles. The number of carbonyl (C=O) groups excluding carboxylic acids is 2. The average molecular weight is 480 g/mol. The standard InChI is InChI=1S/C16H25N5O12/c17-15(32)18-16(33)21(8-13(28)29,9-14(30)31)4-3-19(5-10(22)23)1-2-20(6-11(24)25)7-12(26)27/h1-9H2,(H7-,17,18,22,23,24,25,26,27,28,29,30,31,32,33)/p+1. The fraction of sp³-hybridized carbons (Fsp3) is 0.562. The van der Waals surface area contributed by atoms with Crippen LogP contribution in [0.2, 0.25) is 0 Å². The van der Waals surface area contributed by atoms with E-state index in [0.717, 1.165) is 9.80 Å². The van der Waals surface area contributed by atoms with Gasteiger partial charge in [-0.25, -0.2) is 29.0 Å². The molecular weight excluding hydrogens is 454 g/mol. The molecule has 0 aromatic rings. The molecule has 0 aliphatic heterocycles. The number of carbonyl (C=O) groups is 7. The van der Waals surface area contributed by atoms with Crippen LogP contribution < -0.4 is 11.1 Å². The Hall–Kier alpha value is -3.83. The zero-order chi connectivity index (χ0) is 25.8. The number of amides is 4. The van der Waals surface area contributed by atoms with Crippen LogP contribution in [0.5, 0.6) is 0 Å². The summed E-state index contributed by atoms with van der Waals surface area (Å²) < 4.78 is -1.34. The Bertz CT molecular complexity index is 754. The largest absolute Gasteiger partial charge is 0.480 e. The molecule has 0 saturated heterocycles. The van der Waals surface area contributed by atoms with Crippen molar-refractivity contribution in [2.75, 3.05) is 58.9 Å². The van der Waals surface area contributed by atoms with Gasteiger partial charge in [0.05, 0.1) is 19.6 Å². The molecule has 17 heteroatoms. The van der Waals surface area contributed by atoms with E-state index in [4.69, 9.17) is 31.3 Å². The SMILES string of the molecule is NC(=O)NC(=O)[N+](CCN(CCN(CC(=O)O)CC(=O)O)CC(=O)O)(CC(=O)O)CC(=O)O. The highest BCUT2D eigenvalue weighted by Gasteiger charge is 2.42. The Morgan fingerprint density at radius 2 is 1.03 bits per heavy atom. The maximum absolute atomic E-state index is 12.5. The van der Waals surface area contributed by atoms with E-state index in [1.54, 1.807) is 5.32 Å². The van der Waals surface area contributed by atoms with Crippen LogP contribution in [-0.4, -0.2) is 141 Å². The van der Waals surface area contributed by atoms with Crippen molar-refractivity contribution in [1.82, 2.24) is 15.1 Å². The highest BCUT2D eigenvalue weighted by atomic mass is 16.4. The zero-order valence-electron chi connectivity index (χ0n) is 17.4. The minimum Gasteiger partial charge on any atom is -0.480 e. The molecule has 0 spiro atoms. The highest BCUT2D eigenvalue weighted by Crippen LogP contribution is 2.10. The van der Waals surface area contributed by atoms with Gasteiger partial charge in [0.1, 0.15) is 6.54 Å². The van der Waals surface area contributed by atoms with E-state index >= 15 is 0 Å². The molecule has 0 bridgehead atoms. The second-order valence-corrected chi connectivity index (χ2v) is 6.93. The third kappa shape index (κ3) is 12.6. The number of hydrogen-bond donors (Lipinski definition) is 7. The molecule has 17 nitrogen and oxygen atoms in total. The lowest BCUT2D eigenvalue weighted by Crippen LogP contribution is -2.65. The van der Waals surface area contributed by atoms with Gasteiger partial charge in [0, 0.05) is 19.6 Å². The van der Waals surface area contributed by atoms with E-state index in [1.165, 1.54) is 0 Å². The topological polar surface area (TPSA) is 265 Å². The minimum absolute atomic E-state index is 0.218. The molecule has 0 fully saturated rings. The van der Waals surface area contributed by atoms with E-state index in [9.17, 15) is 33.6 Å². The summed E-state index contributed by atoms with van der Waals surface area (Å²) in [5.41, 5.74) is 4.87. The van der Waals surface area contributed by atoms with Crippen molar-refractivity contribution in [2.45, 2.75) is 0 Å². The molecule has 0 saturated carbocycles. The molecule has 0 unspecified atom stereocenters. The van der Waals surface area contributed by atoms with Crippen molar-refractivity contribution in [3.63, 3.8) is 0 Å². The van der Waals surface area contributed by atoms with Crippen LogP contribution in [0.15, 0.2) is 0 Å². The maximum Gasteiger partial charge on any atom is 0.425 e. The van der Waals surface area contributed by atoms with E-state index in [2.05, 4.69) is 0 Å². The molecule has 0 aliphatic carbocycles. The number of rotatable bonds is 16. The van der Waals surface area contributed by atoms with Crippen molar-refractivity contribution < 1.29 is 63.6 Å². The van der Waals surface area contributed by atoms with Gasteiger partial charge in [0.15, 0.2) is 13.1 Å². The fourth-order valence-electron chi connectivity index (χ4n) is 2.87. The Balaban J connectivity index is 5.71. The van der Waals surface area contributed by atoms with Crippen LogP contribution >= 0.6 is 0 Å². The Labute approximate surface area is 186 Å². The van der Waals surface area contributed by atoms with Gasteiger partial charge >= 0.3 is 41.9 Å². The molecule has 0 radical (unpaired) electrons. The third-order valence-electron chi connectivity index (χ3n) is 4.19. The average Bonchev–Trinajstić information content (AvgIpc) is 2.60. The number of urea groups is 2. The molecule has 0 aliphatic rings. The van der Waals surface area contributed by atoms with Crippen LogP contribution in [0.25, 0.3) is 0 Å². The molecule has 0 atom stereocenters. The number of aliphatic carboxylic acids is 5. The monoisotopic (exact) mass is 480 g/mol. The van der Waals surface area contributed by atoms with Crippen LogP contribution in [0.1, 0.15) is 0 Å². The van der Waals surface area contributed by atoms with Crippen molar-refractivity contribution >= 4 is 41.9 Å². The van der Waals surface area contributed by atoms with E-state index < -0.39 is 85.7 Å². The first-order valence-electron chi connectivity index (χ1n) is 9.17. The first kappa shape index (κ1) is 29.2. The summed E-state index contributed by atoms with van der Waals surface area (Å²) in [4.78, 5) is 81.2. The van der Waals surface area contributed by atoms with Crippen LogP contribution in [0.3, 0.4) is 0 Å². The minimum atomic E-state index is -1.59. The Morgan fingerprint density at radius 1 is 0.636 bits per heavy atom. The first-order valence-corrected chi connectivity index (χ1v) is 9.17. The molecule has 0 aromatic heterocycles. The van der Waals surface area contributed by atoms with Crippen molar-refractivity contribution in [1.29, 1.82) is 0 Å². The number of quaternary nitrogens is 1. The normalized spacial score (nSPS) is 11.2. The number of nitrogens with two attached hydrogens (primary N) is 1. The van der Waals surface area contributed by atoms with Gasteiger partial charge in [-0.2, -0.15) is 0 Å². The maximum atomic E-state index is 12.5. The van der Waals surface area contributed by atoms with Gasteiger partial charge in [-0.05, 0) is 0 Å². The lowest BCUT2D eigenvalue weighted by atomic mass is 10.3. The van der Waals surface area contributed by atoms with Crippen LogP contribution in [0, 0.1) is 0 Å². The molecule has 0 rings (SSSR count). The number of nitrogens with one attached hydrogen (secondary N) is 1. The predicted octanol–water partition coefficient (Wildman–Crippen LogP) is -3.38. The first-order chi connectivity index (χ1) is 15.2. The number of nitrogens with zero attached hydrogens (tertiary/aromatic N) is 3. The molecule has 0 aromatic carbocycles. The zero-order valence-corrected chi connectivity index (χ0v) is 17.4. The number of carboxylic acids is 5. The second-order valence-electron chi connectivity index (χ2n) is 6.93. The summed E-state index contributed by atoms with van der Waals surface area (Å²) in [6.45, 7) is -5.55. The number of primary amides is 1. The molecule has 8 N–H and O–H groups in total. The quantitative estimate of drug-likeness (QED) is 0.106. The number of imide groups is 1. The van der Waals surface area contributed by atoms with Gasteiger partial charge in [-0.3, -0.25) is 24.2 Å². The smallest absolute Gasteiger partial charge is 0.425 e. The van der Waals surface area contributed by atoms with E-state index in [1.807, 2.05) is 0 Å². The molecular formula is C16H26N5O12+. The lowest BCUT2D eigenvalue weighted by Gasteiger charge is -2.34. The molecule has 186 valence electrons. The van der Waals surface area contributed by atoms with Crippen molar-refractivity contribution in [3.8, 4) is 0 Å². The number of hydrogen-bond acceptors (Lipinski definition) is 9. The molecule has 4 amide bonds. The Morgan fingerprint density at radius 3 is 1.39 bits per heavy atom. The summed E-state index contributed by atoms with van der Waals surface area (Å²) in [5, 5.41) is 46.8. The number of carboxylic acid groups (broad SMARTS) is 5. The van der Waals surface area contributed by atoms with Gasteiger partial charge < -0.3 is 31.3 Å². The second kappa shape index (κ2) is 13.6. The fourth-order valence-corrected chi connectivity index (χ4v) is 2.87. The van der Waals surface area contributed by atoms with Gasteiger partial charge in [0.25, 0.3) is 0 Å². The van der Waals surface area contributed by atoms with Crippen molar-refractivity contribution in [2.24, 2.45) is 5.73 Å². The van der Waals surface area contributed by atoms with Crippen LogP contribution in [-0.2, 0) is 24.0 Å². The summed E-state index contributed by atoms with van der Waals surface area (Å²) >= 11 is 0. The van der Waals surface area contributed by atoms with Crippen LogP contribution in [0.4, 0.5) is 9.59 Å². The Kier molecular flexibility index (Phi) is 12.0. The lowest BCUT2D eigenvalue weighted by molar-refractivity contribution is -0.835.